The molecule has 0 aromatic rings. The third kappa shape index (κ3) is 3.02. The van der Waals surface area contributed by atoms with Gasteiger partial charge in [-0.1, -0.05) is 13.8 Å². The zero-order valence-electron chi connectivity index (χ0n) is 10.3. The van der Waals surface area contributed by atoms with Crippen LogP contribution in [0.25, 0.3) is 0 Å². The number of carbonyl (C=O) groups is 1. The molecule has 4 nitrogen and oxygen atoms in total. The number of allylic oxidation sites excluding steroid dienone is 2. The van der Waals surface area contributed by atoms with Gasteiger partial charge in [0.15, 0.2) is 0 Å². The molecular formula is C12H21N3O. The van der Waals surface area contributed by atoms with Crippen molar-refractivity contribution in [3.63, 3.8) is 0 Å². The molecule has 2 aliphatic rings. The molecule has 1 amide bonds. The van der Waals surface area contributed by atoms with Gasteiger partial charge in [-0.05, 0) is 31.4 Å². The van der Waals surface area contributed by atoms with Crippen molar-refractivity contribution in [2.75, 3.05) is 13.1 Å². The predicted molar refractivity (Wildman–Crippen MR) is 65.3 cm³/mol. The molecule has 0 aromatic heterocycles. The van der Waals surface area contributed by atoms with E-state index < -0.39 is 0 Å². The van der Waals surface area contributed by atoms with Crippen LogP contribution in [-0.4, -0.2) is 23.9 Å². The van der Waals surface area contributed by atoms with Crippen molar-refractivity contribution in [2.45, 2.75) is 33.6 Å². The summed E-state index contributed by atoms with van der Waals surface area (Å²) in [6.45, 7) is 7.74. The van der Waals surface area contributed by atoms with Gasteiger partial charge in [0.05, 0.1) is 0 Å². The van der Waals surface area contributed by atoms with E-state index in [9.17, 15) is 4.79 Å². The van der Waals surface area contributed by atoms with Crippen molar-refractivity contribution < 1.29 is 4.79 Å². The van der Waals surface area contributed by atoms with Crippen LogP contribution < -0.4 is 10.9 Å². The molecule has 90 valence electrons. The van der Waals surface area contributed by atoms with Gasteiger partial charge in [0.2, 0.25) is 0 Å². The van der Waals surface area contributed by atoms with Crippen LogP contribution in [0.2, 0.25) is 0 Å². The first-order chi connectivity index (χ1) is 7.77. The lowest BCUT2D eigenvalue weighted by Crippen LogP contribution is -2.39. The van der Waals surface area contributed by atoms with Crippen molar-refractivity contribution in [1.29, 1.82) is 0 Å². The number of hydrogen-bond donors (Lipinski definition) is 2. The average Bonchev–Trinajstić information content (AvgIpc) is 2.84. The molecule has 0 spiro atoms. The first-order valence-corrected chi connectivity index (χ1v) is 5.96. The summed E-state index contributed by atoms with van der Waals surface area (Å²) in [5.74, 6) is 0.0995. The Morgan fingerprint density at radius 3 is 2.50 bits per heavy atom. The third-order valence-electron chi connectivity index (χ3n) is 2.50. The minimum Gasteiger partial charge on any atom is -0.337 e. The number of carbonyl (C=O) groups excluding carboxylic acids is 1. The van der Waals surface area contributed by atoms with Gasteiger partial charge in [-0.2, -0.15) is 0 Å². The lowest BCUT2D eigenvalue weighted by atomic mass is 10.2. The summed E-state index contributed by atoms with van der Waals surface area (Å²) in [5, 5.41) is 0. The second kappa shape index (κ2) is 6.20. The fourth-order valence-electron chi connectivity index (χ4n) is 1.74. The zero-order chi connectivity index (χ0) is 12.0. The summed E-state index contributed by atoms with van der Waals surface area (Å²) in [5.41, 5.74) is 7.44. The van der Waals surface area contributed by atoms with Gasteiger partial charge in [0.1, 0.15) is 5.70 Å². The van der Waals surface area contributed by atoms with Crippen molar-refractivity contribution in [2.24, 2.45) is 0 Å². The maximum Gasteiger partial charge on any atom is 0.271 e. The molecule has 2 N–H and O–H groups in total. The second-order valence-corrected chi connectivity index (χ2v) is 3.72. The fraction of sp³-hybridized carbons (Fsp3) is 0.583. The van der Waals surface area contributed by atoms with Crippen molar-refractivity contribution in [1.82, 2.24) is 15.8 Å². The Bertz CT molecular complexity index is 301. The lowest BCUT2D eigenvalue weighted by molar-refractivity contribution is -0.126. The van der Waals surface area contributed by atoms with Gasteiger partial charge in [0.25, 0.3) is 5.91 Å². The molecule has 0 unspecified atom stereocenters. The van der Waals surface area contributed by atoms with E-state index in [1.807, 2.05) is 37.9 Å². The van der Waals surface area contributed by atoms with Crippen LogP contribution in [-0.2, 0) is 4.79 Å². The van der Waals surface area contributed by atoms with Gasteiger partial charge >= 0.3 is 0 Å². The van der Waals surface area contributed by atoms with E-state index >= 15 is 0 Å². The van der Waals surface area contributed by atoms with Crippen LogP contribution in [0.4, 0.5) is 0 Å². The van der Waals surface area contributed by atoms with E-state index in [1.165, 1.54) is 0 Å². The molecule has 0 bridgehead atoms. The Morgan fingerprint density at radius 1 is 1.31 bits per heavy atom. The van der Waals surface area contributed by atoms with Crippen LogP contribution in [0.5, 0.6) is 0 Å². The molecule has 1 saturated heterocycles. The van der Waals surface area contributed by atoms with E-state index in [4.69, 9.17) is 0 Å². The summed E-state index contributed by atoms with van der Waals surface area (Å²) in [6, 6.07) is 0. The van der Waals surface area contributed by atoms with Gasteiger partial charge in [-0.25, -0.2) is 0 Å². The molecule has 1 fully saturated rings. The third-order valence-corrected chi connectivity index (χ3v) is 2.50. The number of hydrazine groups is 1. The van der Waals surface area contributed by atoms with Gasteiger partial charge in [0, 0.05) is 19.3 Å². The van der Waals surface area contributed by atoms with Crippen LogP contribution in [0.1, 0.15) is 33.6 Å². The van der Waals surface area contributed by atoms with Crippen LogP contribution in [0, 0.1) is 0 Å². The van der Waals surface area contributed by atoms with E-state index in [-0.39, 0.29) is 5.91 Å². The van der Waals surface area contributed by atoms with Crippen LogP contribution >= 0.6 is 0 Å². The first-order valence-electron chi connectivity index (χ1n) is 5.96. The highest BCUT2D eigenvalue weighted by Crippen LogP contribution is 2.12. The number of likely N-dealkylation sites (tertiary alicyclic amines) is 1. The molecule has 2 rings (SSSR count). The fourth-order valence-corrected chi connectivity index (χ4v) is 1.74. The molecule has 16 heavy (non-hydrogen) atoms. The van der Waals surface area contributed by atoms with E-state index in [1.54, 1.807) is 0 Å². The second-order valence-electron chi connectivity index (χ2n) is 3.72. The van der Waals surface area contributed by atoms with Crippen LogP contribution in [0.3, 0.4) is 0 Å². The average molecular weight is 223 g/mol. The number of amides is 1. The van der Waals surface area contributed by atoms with Gasteiger partial charge in [-0.3, -0.25) is 10.2 Å². The zero-order valence-corrected chi connectivity index (χ0v) is 10.3. The molecule has 0 atom stereocenters. The number of hydrogen-bond acceptors (Lipinski definition) is 3. The molecule has 0 radical (unpaired) electrons. The molecule has 4 heteroatoms. The van der Waals surface area contributed by atoms with E-state index in [0.29, 0.717) is 5.70 Å². The van der Waals surface area contributed by atoms with Gasteiger partial charge in [-0.15, -0.1) is 0 Å². The molecular weight excluding hydrogens is 202 g/mol. The topological polar surface area (TPSA) is 44.4 Å². The lowest BCUT2D eigenvalue weighted by Gasteiger charge is -2.20. The number of nitrogens with one attached hydrogen (secondary N) is 2. The highest BCUT2D eigenvalue weighted by molar-refractivity contribution is 5.93. The predicted octanol–water partition coefficient (Wildman–Crippen LogP) is 1.53. The Labute approximate surface area is 97.4 Å². The monoisotopic (exact) mass is 223 g/mol. The molecule has 0 aromatic carbocycles. The normalized spacial score (nSPS) is 18.6. The van der Waals surface area contributed by atoms with Crippen molar-refractivity contribution >= 4 is 5.91 Å². The Balaban J connectivity index is 0.000000606. The van der Waals surface area contributed by atoms with Crippen LogP contribution in [0.15, 0.2) is 23.5 Å². The summed E-state index contributed by atoms with van der Waals surface area (Å²) in [7, 11) is 0. The molecule has 2 heterocycles. The Morgan fingerprint density at radius 2 is 1.94 bits per heavy atom. The summed E-state index contributed by atoms with van der Waals surface area (Å²) in [6.07, 6.45) is 5.96. The number of nitrogens with zero attached hydrogens (tertiary/aromatic N) is 1. The van der Waals surface area contributed by atoms with Gasteiger partial charge < -0.3 is 10.3 Å². The van der Waals surface area contributed by atoms with E-state index in [0.717, 1.165) is 31.5 Å². The SMILES string of the molecule is CC.CC1=CNNC(C(=O)N2CCCC2)=C1. The summed E-state index contributed by atoms with van der Waals surface area (Å²) in [4.78, 5) is 13.8. The number of rotatable bonds is 1. The standard InChI is InChI=1S/C10H15N3O.C2H6/c1-8-6-9(12-11-7-8)10(14)13-4-2-3-5-13;1-2/h6-7,11-12H,2-5H2,1H3;1-2H3. The first kappa shape index (κ1) is 12.6. The molecule has 0 aliphatic carbocycles. The van der Waals surface area contributed by atoms with Crippen molar-refractivity contribution in [3.8, 4) is 0 Å². The Kier molecular flexibility index (Phi) is 4.89. The highest BCUT2D eigenvalue weighted by Gasteiger charge is 2.21. The quantitative estimate of drug-likeness (QED) is 0.708. The summed E-state index contributed by atoms with van der Waals surface area (Å²) < 4.78 is 0. The smallest absolute Gasteiger partial charge is 0.271 e. The highest BCUT2D eigenvalue weighted by atomic mass is 16.2. The minimum absolute atomic E-state index is 0.0995. The minimum atomic E-state index is 0.0995. The Hall–Kier alpha value is -1.45. The molecule has 0 saturated carbocycles. The largest absolute Gasteiger partial charge is 0.337 e. The maximum absolute atomic E-state index is 11.9. The molecule has 2 aliphatic heterocycles. The maximum atomic E-state index is 11.9. The summed E-state index contributed by atoms with van der Waals surface area (Å²) >= 11 is 0. The van der Waals surface area contributed by atoms with Crippen molar-refractivity contribution in [3.05, 3.63) is 23.5 Å². The van der Waals surface area contributed by atoms with E-state index in [2.05, 4.69) is 10.9 Å².